The van der Waals surface area contributed by atoms with Gasteiger partial charge in [0.15, 0.2) is 17.3 Å². The maximum Gasteiger partial charge on any atom is 0.484 e. The zero-order chi connectivity index (χ0) is 85.8. The van der Waals surface area contributed by atoms with Crippen LogP contribution in [0.4, 0.5) is 4.79 Å². The molecule has 734 valence electrons. The van der Waals surface area contributed by atoms with Crippen LogP contribution in [0.2, 0.25) is 0 Å². The summed E-state index contributed by atoms with van der Waals surface area (Å²) in [6.45, 7) is 66.0. The molecule has 5 N–H and O–H groups in total. The Morgan fingerprint density at radius 1 is 0.411 bits per heavy atom. The van der Waals surface area contributed by atoms with Crippen LogP contribution in [-0.2, 0) is 165 Å². The predicted molar refractivity (Wildman–Crippen MR) is 502 cm³/mol. The molecule has 0 unspecified atom stereocenters. The summed E-state index contributed by atoms with van der Waals surface area (Å²) in [4.78, 5) is 163. The topological polar surface area (TPSA) is 362 Å². The van der Waals surface area contributed by atoms with Gasteiger partial charge in [0.1, 0.15) is 5.60 Å². The molecular weight excluding hydrogens is 1820 g/mol. The van der Waals surface area contributed by atoms with E-state index in [4.69, 9.17) is 24.5 Å². The van der Waals surface area contributed by atoms with Crippen molar-refractivity contribution in [3.63, 3.8) is 0 Å². The molecule has 0 saturated carbocycles. The average Bonchev–Trinajstić information content (AvgIpc) is 0.820. The Bertz CT molecular complexity index is 2540. The Hall–Kier alpha value is -3.35. The van der Waals surface area contributed by atoms with Crippen molar-refractivity contribution in [1.29, 1.82) is 0 Å². The number of likely N-dealkylation sites (tertiary alicyclic amines) is 6. The van der Waals surface area contributed by atoms with Crippen LogP contribution in [0.15, 0.2) is 0 Å². The quantitative estimate of drug-likeness (QED) is 0.127. The molecule has 12 saturated heterocycles. The van der Waals surface area contributed by atoms with E-state index >= 15 is 0 Å². The number of ketones is 3. The molecule has 38 heteroatoms. The largest absolute Gasteiger partial charge is 0.542 e. The minimum atomic E-state index is -0.833. The van der Waals surface area contributed by atoms with Crippen molar-refractivity contribution < 1.29 is 180 Å². The normalized spacial score (nSPS) is 17.4. The number of carboxylic acids is 1. The number of Topliss-reactive ketones (excluding diaryl/α,β-unsaturated/α-hetero) is 3. The van der Waals surface area contributed by atoms with Crippen molar-refractivity contribution in [2.75, 3.05) is 244 Å². The average molecular weight is 2010 g/mol. The van der Waals surface area contributed by atoms with Crippen molar-refractivity contribution in [1.82, 2.24) is 84.5 Å². The Kier molecular flexibility index (Phi) is 128. The first kappa shape index (κ1) is 161. The van der Waals surface area contributed by atoms with Crippen LogP contribution in [0.3, 0.4) is 0 Å². The second-order valence-corrected chi connectivity index (χ2v) is 26.9. The Labute approximate surface area is 835 Å². The van der Waals surface area contributed by atoms with E-state index in [0.29, 0.717) is 70.2 Å². The molecule has 0 aliphatic carbocycles. The fourth-order valence-electron chi connectivity index (χ4n) is 11.0. The third kappa shape index (κ3) is 74.3. The molecule has 8 amide bonds. The molecule has 4 radical (unpaired) electrons. The first-order chi connectivity index (χ1) is 52.8. The number of carbonyl (C=O) groups excluding carboxylic acids is 12. The van der Waals surface area contributed by atoms with E-state index in [1.165, 1.54) is 50.1 Å². The molecule has 0 aromatic rings. The number of ether oxygens (including phenoxy) is 1. The number of nitrogens with one attached hydrogen (secondary N) is 3. The number of carbonyl (C=O) groups is 10. The van der Waals surface area contributed by atoms with Crippen LogP contribution < -0.4 is 16.0 Å². The van der Waals surface area contributed by atoms with E-state index in [0.717, 1.165) is 177 Å². The van der Waals surface area contributed by atoms with Gasteiger partial charge in [0.25, 0.3) is 5.97 Å². The van der Waals surface area contributed by atoms with E-state index < -0.39 is 17.7 Å². The van der Waals surface area contributed by atoms with Gasteiger partial charge in [0, 0.05) is 354 Å². The Morgan fingerprint density at radius 3 is 0.823 bits per heavy atom. The van der Waals surface area contributed by atoms with Crippen LogP contribution in [0.1, 0.15) is 219 Å². The van der Waals surface area contributed by atoms with Gasteiger partial charge in [-0.3, -0.25) is 73.9 Å². The summed E-state index contributed by atoms with van der Waals surface area (Å²) in [6.07, 6.45) is 5.54. The molecule has 0 bridgehead atoms. The van der Waals surface area contributed by atoms with E-state index in [1.54, 1.807) is 51.3 Å². The Morgan fingerprint density at radius 2 is 0.637 bits per heavy atom. The van der Waals surface area contributed by atoms with Crippen LogP contribution in [0.25, 0.3) is 0 Å². The number of hydrogen-bond acceptors (Lipinski definition) is 25. The van der Waals surface area contributed by atoms with Gasteiger partial charge < -0.3 is 94.0 Å². The van der Waals surface area contributed by atoms with Gasteiger partial charge in [-0.1, -0.05) is 150 Å². The summed E-state index contributed by atoms with van der Waals surface area (Å²) < 4.78 is 9.00. The molecule has 12 aliphatic heterocycles. The molecule has 0 aromatic carbocycles. The summed E-state index contributed by atoms with van der Waals surface area (Å²) in [5.41, 5.74) is -0.476. The number of hydrogen-bond donors (Lipinski definition) is 5. The van der Waals surface area contributed by atoms with E-state index in [2.05, 4.69) is 64.1 Å². The van der Waals surface area contributed by atoms with Gasteiger partial charge >= 0.3 is 13.8 Å². The summed E-state index contributed by atoms with van der Waals surface area (Å²) in [5, 5.41) is 24.4. The van der Waals surface area contributed by atoms with Crippen molar-refractivity contribution in [3.8, 4) is 0 Å². The number of likely N-dealkylation sites (N-methyl/N-ethyl adjacent to an activating group) is 2. The maximum atomic E-state index is 11.4. The fraction of sp³-hybridized carbons (Fsp3) is 0.849. The molecule has 124 heavy (non-hydrogen) atoms. The zero-order valence-corrected chi connectivity index (χ0v) is 82.7. The van der Waals surface area contributed by atoms with Crippen molar-refractivity contribution >= 4 is 85.7 Å². The fourth-order valence-corrected chi connectivity index (χ4v) is 11.0. The number of piperazine rings is 5. The minimum Gasteiger partial charge on any atom is -0.542 e. The van der Waals surface area contributed by atoms with Gasteiger partial charge in [-0.25, -0.2) is 4.79 Å². The van der Waals surface area contributed by atoms with Gasteiger partial charge in [0.05, 0.1) is 39.3 Å². The molecule has 0 aromatic heterocycles. The second-order valence-electron chi connectivity index (χ2n) is 26.9. The number of nitrogens with zero attached hydrogens (tertiary/aromatic N) is 14. The molecule has 12 aliphatic rings. The Balaban J connectivity index is -0.0000000679. The van der Waals surface area contributed by atoms with Gasteiger partial charge in [0.2, 0.25) is 29.5 Å². The molecule has 0 atom stereocenters. The van der Waals surface area contributed by atoms with Crippen molar-refractivity contribution in [3.05, 3.63) is 0 Å². The number of carboxylic acid groups (broad SMARTS) is 1. The number of aliphatic carboxylic acids is 1. The maximum absolute atomic E-state index is 11.4. The molecule has 34 nitrogen and oxygen atoms in total. The third-order valence-corrected chi connectivity index (χ3v) is 17.7. The minimum absolute atomic E-state index is 0. The first-order valence-corrected chi connectivity index (χ1v) is 39.8. The summed E-state index contributed by atoms with van der Waals surface area (Å²) >= 11 is 0. The molecule has 12 heterocycles. The number of amides is 8. The van der Waals surface area contributed by atoms with Crippen molar-refractivity contribution in [2.45, 2.75) is 249 Å². The summed E-state index contributed by atoms with van der Waals surface area (Å²) in [6, 6.07) is 2.27. The smallest absolute Gasteiger partial charge is 0.484 e. The van der Waals surface area contributed by atoms with Gasteiger partial charge in [-0.2, -0.15) is 19.7 Å². The first-order valence-electron chi connectivity index (χ1n) is 39.8. The number of rotatable bonds is 8. The molecule has 12 fully saturated rings. The van der Waals surface area contributed by atoms with Crippen molar-refractivity contribution in [2.24, 2.45) is 0 Å². The predicted octanol–water partition coefficient (Wildman–Crippen LogP) is 6.54. The second kappa shape index (κ2) is 98.7. The van der Waals surface area contributed by atoms with Crippen LogP contribution in [-0.4, -0.2) is 438 Å². The molecular formula is C86H188BN17O17Y3-3. The van der Waals surface area contributed by atoms with Gasteiger partial charge in [-0.15, -0.1) is 0 Å². The monoisotopic (exact) mass is 2010 g/mol. The van der Waals surface area contributed by atoms with Crippen LogP contribution >= 0.6 is 0 Å². The van der Waals surface area contributed by atoms with E-state index in [9.17, 15) is 52.7 Å². The summed E-state index contributed by atoms with van der Waals surface area (Å²) in [5.74, 6) is 0.555. The van der Waals surface area contributed by atoms with E-state index in [-0.39, 0.29) is 227 Å². The standard InChI is InChI=1S/C11H18N3O2.C10H16N3O2.C10H19N3O.C9H17N3O.C8H13NO3.C5H12N2.C5H7NO2.C3H5NO.C2H4O2.C2H3O.5C2H6.CH4BO2.10CH4.3Y/c1-2-11(16)14-7-10(8-14)13-5-3-12(9-15)4-6-13;1-9(15)13-6-10(7-13)12-4-2-11(8-14)3-5-12;1-9(14)13-7-10(8-13)12-5-3-11(2)4-6-12;1-8(13)12-6-9(7-12)11-4-2-10-3-5-11;1-8(2,3)12-7(11)9-4-6(10)5-9;1-7-4-2-6-3-5-7;1-4(7)6-2-5(8)3-6;5-3-1-4-2-3;1-2(3)4;1-2-3;5*1-2;1-4-2-3;;;;;;;;;;;;;/h10H,2-8H2,1H3;10H,2-7H2,1H3;10H,3-8H2,1-2H3;9-10H,2-7H2,1H3;4-5H2,1-3H3;6H,2-5H2,1H3;2-3H2,1H3;4H,1-2H2;1H3,(H,3,4);1H3;5*1-2H3;3H,1H3;10*1H4;;;/q2*-1;;;;;;;;-1;;;;;;;;;;;;;;;;;;;. The van der Waals surface area contributed by atoms with Crippen LogP contribution in [0, 0.1) is 0 Å². The SMILES string of the molecule is C.C.C.C.C.C.C.C.C.C.CC.CC.CC.CC.CC.CC(=O)N1CC(=O)C1.CC(=O)N1CC(N2CCN(C)CC2)C1.CC(=O)N1CC(N2CCN([C-]=O)CC2)C1.CC(=O)N1CC(N2CCNCC2)C1.CC(=O)O.CC(C)(C)OC(=O)N1CC(=O)C1.CCC(=O)N1CC(N2CCN([C-]=O)CC2)C1.CN1CCNCC1.CO[B]O.C[C-]=O.O=C1CNC1.[Y].[Y].[Y]. The van der Waals surface area contributed by atoms with Gasteiger partial charge in [-0.05, 0) is 34.9 Å². The third-order valence-electron chi connectivity index (χ3n) is 17.7. The van der Waals surface area contributed by atoms with Crippen LogP contribution in [0.5, 0.6) is 0 Å². The molecule has 0 spiro atoms. The zero-order valence-electron chi connectivity index (χ0n) is 74.1. The molecule has 12 rings (SSSR count). The van der Waals surface area contributed by atoms with E-state index in [1.807, 2.05) is 109 Å². The summed E-state index contributed by atoms with van der Waals surface area (Å²) in [7, 11) is 6.32.